The van der Waals surface area contributed by atoms with Gasteiger partial charge >= 0.3 is 0 Å². The number of fused-ring (bicyclic) bond motifs is 1. The van der Waals surface area contributed by atoms with E-state index in [2.05, 4.69) is 15.6 Å². The fourth-order valence-electron chi connectivity index (χ4n) is 4.96. The second-order valence-corrected chi connectivity index (χ2v) is 8.80. The second kappa shape index (κ2) is 8.26. The lowest BCUT2D eigenvalue weighted by Crippen LogP contribution is -2.48. The van der Waals surface area contributed by atoms with Crippen molar-refractivity contribution in [1.82, 2.24) is 15.6 Å². The van der Waals surface area contributed by atoms with Gasteiger partial charge in [-0.2, -0.15) is 0 Å². The number of carbonyl (C=O) groups is 1. The summed E-state index contributed by atoms with van der Waals surface area (Å²) in [5, 5.41) is 16.2. The highest BCUT2D eigenvalue weighted by Crippen LogP contribution is 2.48. The number of hydrogen-bond acceptors (Lipinski definition) is 3. The lowest BCUT2D eigenvalue weighted by molar-refractivity contribution is -0.125. The second-order valence-electron chi connectivity index (χ2n) is 8.80. The SMILES string of the molecule is O=C(NC[C@H]1C[C@H](c2c(-c3ccc(F)cc3)[nH]c3c(F)cc(F)cc32)C1)[C@H]1NCC[C@@H]1O. The molecule has 1 saturated heterocycles. The van der Waals surface area contributed by atoms with E-state index < -0.39 is 23.8 Å². The van der Waals surface area contributed by atoms with Crippen molar-refractivity contribution in [3.63, 3.8) is 0 Å². The zero-order chi connectivity index (χ0) is 22.4. The van der Waals surface area contributed by atoms with Crippen LogP contribution in [-0.4, -0.2) is 41.2 Å². The van der Waals surface area contributed by atoms with Gasteiger partial charge in [0, 0.05) is 18.0 Å². The molecular formula is C24H24F3N3O2. The summed E-state index contributed by atoms with van der Waals surface area (Å²) in [6.07, 6.45) is 1.39. The van der Waals surface area contributed by atoms with Gasteiger partial charge in [0.15, 0.2) is 0 Å². The van der Waals surface area contributed by atoms with E-state index in [-0.39, 0.29) is 29.1 Å². The predicted octanol–water partition coefficient (Wildman–Crippen LogP) is 3.58. The van der Waals surface area contributed by atoms with Gasteiger partial charge in [-0.05, 0) is 79.1 Å². The molecule has 0 spiro atoms. The van der Waals surface area contributed by atoms with Crippen LogP contribution >= 0.6 is 0 Å². The summed E-state index contributed by atoms with van der Waals surface area (Å²) >= 11 is 0. The van der Waals surface area contributed by atoms with E-state index in [0.717, 1.165) is 24.5 Å². The Balaban J connectivity index is 1.36. The standard InChI is InChI=1S/C24H24F3N3O2/c25-15-3-1-13(2-4-15)21-20(17-9-16(26)10-18(27)22(17)30-21)14-7-12(8-14)11-29-24(32)23-19(31)5-6-28-23/h1-4,9-10,12,14,19,23,28,30-31H,5-8,11H2,(H,29,32)/t12-,14-,19-,23-/m0/s1. The molecule has 0 radical (unpaired) electrons. The van der Waals surface area contributed by atoms with Crippen molar-refractivity contribution in [2.45, 2.75) is 37.3 Å². The molecule has 0 bridgehead atoms. The van der Waals surface area contributed by atoms with E-state index >= 15 is 0 Å². The van der Waals surface area contributed by atoms with E-state index in [0.29, 0.717) is 36.2 Å². The number of rotatable bonds is 5. The van der Waals surface area contributed by atoms with Crippen molar-refractivity contribution in [1.29, 1.82) is 0 Å². The molecule has 2 fully saturated rings. The molecule has 1 amide bonds. The monoisotopic (exact) mass is 443 g/mol. The Labute approximate surface area is 183 Å². The van der Waals surface area contributed by atoms with Crippen molar-refractivity contribution in [2.24, 2.45) is 5.92 Å². The molecule has 5 rings (SSSR count). The number of H-pyrrole nitrogens is 1. The van der Waals surface area contributed by atoms with Gasteiger partial charge in [-0.15, -0.1) is 0 Å². The van der Waals surface area contributed by atoms with Crippen molar-refractivity contribution in [3.05, 3.63) is 59.4 Å². The Morgan fingerprint density at radius 1 is 1.09 bits per heavy atom. The van der Waals surface area contributed by atoms with Crippen molar-refractivity contribution >= 4 is 16.8 Å². The van der Waals surface area contributed by atoms with Gasteiger partial charge in [-0.3, -0.25) is 4.79 Å². The summed E-state index contributed by atoms with van der Waals surface area (Å²) in [6, 6.07) is 7.53. The van der Waals surface area contributed by atoms with Gasteiger partial charge in [-0.1, -0.05) is 0 Å². The fraction of sp³-hybridized carbons (Fsp3) is 0.375. The smallest absolute Gasteiger partial charge is 0.239 e. The third-order valence-corrected chi connectivity index (χ3v) is 6.68. The lowest BCUT2D eigenvalue weighted by Gasteiger charge is -2.36. The van der Waals surface area contributed by atoms with Gasteiger partial charge in [0.1, 0.15) is 23.5 Å². The molecule has 2 heterocycles. The molecule has 4 N–H and O–H groups in total. The van der Waals surface area contributed by atoms with Crippen molar-refractivity contribution in [3.8, 4) is 11.3 Å². The van der Waals surface area contributed by atoms with Crippen LogP contribution in [0.3, 0.4) is 0 Å². The maximum absolute atomic E-state index is 14.5. The Hall–Kier alpha value is -2.84. The molecule has 1 aliphatic heterocycles. The predicted molar refractivity (Wildman–Crippen MR) is 114 cm³/mol. The van der Waals surface area contributed by atoms with Gasteiger partial charge in [0.2, 0.25) is 5.91 Å². The van der Waals surface area contributed by atoms with Crippen LogP contribution < -0.4 is 10.6 Å². The molecule has 3 aromatic rings. The highest BCUT2D eigenvalue weighted by atomic mass is 19.1. The van der Waals surface area contributed by atoms with Gasteiger partial charge in [0.05, 0.1) is 17.3 Å². The molecule has 1 aromatic heterocycles. The summed E-state index contributed by atoms with van der Waals surface area (Å²) in [6.45, 7) is 1.10. The average molecular weight is 443 g/mol. The summed E-state index contributed by atoms with van der Waals surface area (Å²) in [4.78, 5) is 15.4. The zero-order valence-corrected chi connectivity index (χ0v) is 17.3. The third-order valence-electron chi connectivity index (χ3n) is 6.68. The molecule has 2 aromatic carbocycles. The number of aliphatic hydroxyl groups excluding tert-OH is 1. The van der Waals surface area contributed by atoms with E-state index in [1.54, 1.807) is 12.1 Å². The van der Waals surface area contributed by atoms with Crippen LogP contribution in [0, 0.1) is 23.4 Å². The largest absolute Gasteiger partial charge is 0.391 e. The Morgan fingerprint density at radius 2 is 1.84 bits per heavy atom. The highest BCUT2D eigenvalue weighted by molar-refractivity contribution is 5.92. The number of aromatic amines is 1. The normalized spacial score (nSPS) is 25.1. The van der Waals surface area contributed by atoms with Gasteiger partial charge in [-0.25, -0.2) is 13.2 Å². The Kier molecular flexibility index (Phi) is 5.43. The quantitative estimate of drug-likeness (QED) is 0.487. The first kappa shape index (κ1) is 21.0. The van der Waals surface area contributed by atoms with Gasteiger partial charge < -0.3 is 20.7 Å². The number of nitrogens with one attached hydrogen (secondary N) is 3. The minimum Gasteiger partial charge on any atom is -0.391 e. The average Bonchev–Trinajstić information content (AvgIpc) is 3.31. The summed E-state index contributed by atoms with van der Waals surface area (Å²) in [5.74, 6) is -1.60. The lowest BCUT2D eigenvalue weighted by atomic mass is 9.70. The first-order chi connectivity index (χ1) is 15.4. The fourth-order valence-corrected chi connectivity index (χ4v) is 4.96. The molecule has 1 aliphatic carbocycles. The molecule has 2 atom stereocenters. The summed E-state index contributed by atoms with van der Waals surface area (Å²) in [7, 11) is 0. The Bertz CT molecular complexity index is 1160. The number of carbonyl (C=O) groups excluding carboxylic acids is 1. The van der Waals surface area contributed by atoms with Crippen LogP contribution in [0.25, 0.3) is 22.2 Å². The number of amides is 1. The molecular weight excluding hydrogens is 419 g/mol. The number of aliphatic hydroxyl groups is 1. The molecule has 8 heteroatoms. The maximum Gasteiger partial charge on any atom is 0.239 e. The first-order valence-corrected chi connectivity index (χ1v) is 10.9. The third kappa shape index (κ3) is 3.78. The highest BCUT2D eigenvalue weighted by Gasteiger charge is 2.36. The molecule has 2 aliphatic rings. The van der Waals surface area contributed by atoms with Crippen LogP contribution in [0.4, 0.5) is 13.2 Å². The topological polar surface area (TPSA) is 77.2 Å². The molecule has 168 valence electrons. The minimum absolute atomic E-state index is 0.0575. The summed E-state index contributed by atoms with van der Waals surface area (Å²) in [5.41, 5.74) is 2.42. The molecule has 0 unspecified atom stereocenters. The molecule has 1 saturated carbocycles. The first-order valence-electron chi connectivity index (χ1n) is 10.9. The zero-order valence-electron chi connectivity index (χ0n) is 17.3. The number of halogens is 3. The minimum atomic E-state index is -0.668. The van der Waals surface area contributed by atoms with E-state index in [4.69, 9.17) is 0 Å². The van der Waals surface area contributed by atoms with Crippen LogP contribution in [-0.2, 0) is 4.79 Å². The van der Waals surface area contributed by atoms with Crippen molar-refractivity contribution in [2.75, 3.05) is 13.1 Å². The van der Waals surface area contributed by atoms with E-state index in [9.17, 15) is 23.1 Å². The summed E-state index contributed by atoms with van der Waals surface area (Å²) < 4.78 is 41.9. The Morgan fingerprint density at radius 3 is 2.53 bits per heavy atom. The van der Waals surface area contributed by atoms with Crippen LogP contribution in [0.1, 0.15) is 30.7 Å². The molecule has 32 heavy (non-hydrogen) atoms. The maximum atomic E-state index is 14.5. The van der Waals surface area contributed by atoms with Crippen LogP contribution in [0.2, 0.25) is 0 Å². The number of benzene rings is 2. The van der Waals surface area contributed by atoms with Crippen LogP contribution in [0.5, 0.6) is 0 Å². The van der Waals surface area contributed by atoms with E-state index in [1.165, 1.54) is 18.2 Å². The number of hydrogen-bond donors (Lipinski definition) is 4. The molecule has 5 nitrogen and oxygen atoms in total. The number of aromatic nitrogens is 1. The van der Waals surface area contributed by atoms with Gasteiger partial charge in [0.25, 0.3) is 0 Å². The van der Waals surface area contributed by atoms with E-state index in [1.807, 2.05) is 0 Å². The van der Waals surface area contributed by atoms with Crippen LogP contribution in [0.15, 0.2) is 36.4 Å². The van der Waals surface area contributed by atoms with Crippen molar-refractivity contribution < 1.29 is 23.1 Å².